The van der Waals surface area contributed by atoms with Gasteiger partial charge in [-0.2, -0.15) is 0 Å². The molecule has 0 fully saturated rings. The predicted molar refractivity (Wildman–Crippen MR) is 199 cm³/mol. The Bertz CT molecular complexity index is 1040. The highest BCUT2D eigenvalue weighted by molar-refractivity contribution is 7.46. The molecule has 1 unspecified atom stereocenters. The van der Waals surface area contributed by atoms with E-state index in [1.54, 1.807) is 6.08 Å². The lowest BCUT2D eigenvalue weighted by molar-refractivity contribution is -0.161. The third kappa shape index (κ3) is 36.6. The van der Waals surface area contributed by atoms with E-state index in [1.165, 1.54) is 19.3 Å². The number of phosphoric ester groups is 1. The van der Waals surface area contributed by atoms with Gasteiger partial charge in [0, 0.05) is 12.8 Å². The molecular formula is C39H65O9P. The number of ether oxygens (including phenoxy) is 2. The minimum Gasteiger partial charge on any atom is -0.462 e. The minimum absolute atomic E-state index is 0.130. The van der Waals surface area contributed by atoms with E-state index in [9.17, 15) is 19.3 Å². The van der Waals surface area contributed by atoms with E-state index in [4.69, 9.17) is 19.3 Å². The number of carbonyl (C=O) groups excluding carboxylic acids is 2. The van der Waals surface area contributed by atoms with Crippen molar-refractivity contribution in [2.45, 2.75) is 148 Å². The molecule has 9 nitrogen and oxygen atoms in total. The highest BCUT2D eigenvalue weighted by atomic mass is 31.2. The Balaban J connectivity index is 4.17. The molecule has 10 heteroatoms. The molecule has 0 aromatic heterocycles. The molecule has 0 heterocycles. The van der Waals surface area contributed by atoms with Gasteiger partial charge in [-0.1, -0.05) is 125 Å². The molecule has 0 saturated carbocycles. The summed E-state index contributed by atoms with van der Waals surface area (Å²) >= 11 is 0. The normalized spacial score (nSPS) is 14.0. The molecule has 0 aliphatic rings. The fourth-order valence-corrected chi connectivity index (χ4v) is 4.92. The quantitative estimate of drug-likeness (QED) is 0.0205. The summed E-state index contributed by atoms with van der Waals surface area (Å²) in [6, 6.07) is 0. The number of carbonyl (C=O) groups is 2. The molecular weight excluding hydrogens is 643 g/mol. The molecule has 0 aromatic rings. The highest BCUT2D eigenvalue weighted by Crippen LogP contribution is 2.35. The van der Waals surface area contributed by atoms with Crippen molar-refractivity contribution in [1.29, 1.82) is 0 Å². The lowest BCUT2D eigenvalue weighted by Gasteiger charge is -2.18. The van der Waals surface area contributed by atoms with Gasteiger partial charge < -0.3 is 24.4 Å². The average molecular weight is 709 g/mol. The van der Waals surface area contributed by atoms with Crippen LogP contribution in [0.5, 0.6) is 0 Å². The molecule has 0 saturated heterocycles. The maximum Gasteiger partial charge on any atom is 0.469 e. The van der Waals surface area contributed by atoms with Gasteiger partial charge in [0.15, 0.2) is 6.10 Å². The first-order chi connectivity index (χ1) is 23.7. The van der Waals surface area contributed by atoms with Crippen molar-refractivity contribution < 1.29 is 43.0 Å². The monoisotopic (exact) mass is 708 g/mol. The molecule has 0 aliphatic carbocycles. The average Bonchev–Trinajstić information content (AvgIpc) is 3.06. The third-order valence-electron chi connectivity index (χ3n) is 7.31. The van der Waals surface area contributed by atoms with Gasteiger partial charge in [0.05, 0.1) is 12.7 Å². The molecule has 0 spiro atoms. The van der Waals surface area contributed by atoms with E-state index in [-0.39, 0.29) is 19.4 Å². The summed E-state index contributed by atoms with van der Waals surface area (Å²) in [6.45, 7) is 3.38. The number of aliphatic hydroxyl groups is 1. The van der Waals surface area contributed by atoms with Crippen molar-refractivity contribution in [3.05, 3.63) is 72.9 Å². The molecule has 0 radical (unpaired) electrons. The molecule has 3 N–H and O–H groups in total. The first-order valence-electron chi connectivity index (χ1n) is 18.3. The minimum atomic E-state index is -4.79. The smallest absolute Gasteiger partial charge is 0.462 e. The van der Waals surface area contributed by atoms with Gasteiger partial charge in [-0.25, -0.2) is 4.57 Å². The van der Waals surface area contributed by atoms with Crippen LogP contribution in [0.2, 0.25) is 0 Å². The number of aliphatic hydroxyl groups excluding tert-OH is 1. The van der Waals surface area contributed by atoms with Crippen LogP contribution in [0.3, 0.4) is 0 Å². The Hall–Kier alpha value is -2.55. The summed E-state index contributed by atoms with van der Waals surface area (Å²) in [5.74, 6) is -1.02. The highest BCUT2D eigenvalue weighted by Gasteiger charge is 2.22. The van der Waals surface area contributed by atoms with E-state index in [2.05, 4.69) is 67.0 Å². The third-order valence-corrected chi connectivity index (χ3v) is 7.80. The fraction of sp³-hybridized carbons (Fsp3) is 0.641. The molecule has 0 rings (SSSR count). The van der Waals surface area contributed by atoms with Crippen molar-refractivity contribution >= 4 is 19.8 Å². The largest absolute Gasteiger partial charge is 0.469 e. The number of hydrogen-bond acceptors (Lipinski definition) is 7. The molecule has 0 amide bonds. The summed E-state index contributed by atoms with van der Waals surface area (Å²) in [5.41, 5.74) is 0. The predicted octanol–water partition coefficient (Wildman–Crippen LogP) is 9.70. The van der Waals surface area contributed by atoms with Gasteiger partial charge in [-0.15, -0.1) is 0 Å². The van der Waals surface area contributed by atoms with Crippen LogP contribution >= 0.6 is 7.82 Å². The zero-order valence-corrected chi connectivity index (χ0v) is 31.1. The number of esters is 2. The Morgan fingerprint density at radius 1 is 0.653 bits per heavy atom. The fourth-order valence-electron chi connectivity index (χ4n) is 4.56. The van der Waals surface area contributed by atoms with Crippen molar-refractivity contribution in [1.82, 2.24) is 0 Å². The summed E-state index contributed by atoms with van der Waals surface area (Å²) in [5, 5.41) is 10.1. The zero-order valence-electron chi connectivity index (χ0n) is 30.2. The van der Waals surface area contributed by atoms with Crippen LogP contribution < -0.4 is 0 Å². The number of hydrogen-bond donors (Lipinski definition) is 3. The number of rotatable bonds is 32. The van der Waals surface area contributed by atoms with E-state index in [1.807, 2.05) is 18.2 Å². The second-order valence-electron chi connectivity index (χ2n) is 12.0. The summed E-state index contributed by atoms with van der Waals surface area (Å²) < 4.78 is 26.2. The van der Waals surface area contributed by atoms with Crippen molar-refractivity contribution in [2.24, 2.45) is 0 Å². The van der Waals surface area contributed by atoms with Crippen LogP contribution in [0, 0.1) is 0 Å². The molecule has 0 aliphatic heterocycles. The van der Waals surface area contributed by atoms with Gasteiger partial charge in [-0.3, -0.25) is 14.1 Å². The first kappa shape index (κ1) is 46.5. The van der Waals surface area contributed by atoms with E-state index in [0.717, 1.165) is 70.6 Å². The van der Waals surface area contributed by atoms with Gasteiger partial charge >= 0.3 is 19.8 Å². The van der Waals surface area contributed by atoms with Crippen LogP contribution in [0.15, 0.2) is 72.9 Å². The van der Waals surface area contributed by atoms with Crippen LogP contribution in [0.4, 0.5) is 0 Å². The van der Waals surface area contributed by atoms with Crippen LogP contribution in [0.1, 0.15) is 136 Å². The topological polar surface area (TPSA) is 140 Å². The van der Waals surface area contributed by atoms with Crippen LogP contribution in [-0.4, -0.2) is 52.3 Å². The first-order valence-corrected chi connectivity index (χ1v) is 19.9. The second-order valence-corrected chi connectivity index (χ2v) is 13.2. The van der Waals surface area contributed by atoms with Gasteiger partial charge in [0.2, 0.25) is 0 Å². The van der Waals surface area contributed by atoms with Crippen LogP contribution in [0.25, 0.3) is 0 Å². The van der Waals surface area contributed by atoms with Crippen molar-refractivity contribution in [3.8, 4) is 0 Å². The van der Waals surface area contributed by atoms with Crippen LogP contribution in [-0.2, 0) is 28.2 Å². The maximum absolute atomic E-state index is 12.4. The Kier molecular flexibility index (Phi) is 32.2. The zero-order chi connectivity index (χ0) is 36.3. The SMILES string of the molecule is CC/C=C/C/C=C/C=C/C(O)CCCCCCCC(=O)O[C@H](COC(=O)CCCC/C=C\C/C=C\C/C=C\CCCCC)COP(=O)(O)O. The van der Waals surface area contributed by atoms with E-state index < -0.39 is 38.6 Å². The maximum atomic E-state index is 12.4. The van der Waals surface area contributed by atoms with Crippen molar-refractivity contribution in [3.63, 3.8) is 0 Å². The summed E-state index contributed by atoms with van der Waals surface area (Å²) in [4.78, 5) is 42.7. The van der Waals surface area contributed by atoms with Crippen molar-refractivity contribution in [2.75, 3.05) is 13.2 Å². The molecule has 0 aromatic carbocycles. The Labute approximate surface area is 296 Å². The van der Waals surface area contributed by atoms with E-state index in [0.29, 0.717) is 19.3 Å². The molecule has 49 heavy (non-hydrogen) atoms. The number of unbranched alkanes of at least 4 members (excludes halogenated alkanes) is 9. The lowest BCUT2D eigenvalue weighted by atomic mass is 10.1. The number of allylic oxidation sites excluding steroid dienone is 11. The summed E-state index contributed by atoms with van der Waals surface area (Å²) in [6.07, 6.45) is 39.3. The van der Waals surface area contributed by atoms with Gasteiger partial charge in [0.1, 0.15) is 6.61 Å². The molecule has 2 atom stereocenters. The Morgan fingerprint density at radius 2 is 1.22 bits per heavy atom. The van der Waals surface area contributed by atoms with Gasteiger partial charge in [0.25, 0.3) is 0 Å². The second kappa shape index (κ2) is 33.9. The number of phosphoric acid groups is 1. The Morgan fingerprint density at radius 3 is 1.90 bits per heavy atom. The molecule has 0 bridgehead atoms. The lowest BCUT2D eigenvalue weighted by Crippen LogP contribution is -2.29. The standard InChI is InChI=1S/C39H65O9P/c1-3-5-7-9-11-12-13-14-15-16-17-18-20-24-28-32-38(41)46-34-37(35-47-49(43,44)45)48-39(42)33-29-25-21-23-27-31-36(40)30-26-22-19-10-8-6-4-2/h6,8,11-12,14-15,17-19,22,26,30,36-37,40H,3-5,7,9-10,13,16,20-21,23-25,27-29,31-35H2,1-2H3,(H2,43,44,45)/b8-6+,12-11-,15-14-,18-17-,22-19+,30-26+/t36?,37-/m1/s1. The summed E-state index contributed by atoms with van der Waals surface area (Å²) in [7, 11) is -4.79. The van der Waals surface area contributed by atoms with E-state index >= 15 is 0 Å². The molecule has 280 valence electrons. The van der Waals surface area contributed by atoms with Gasteiger partial charge in [-0.05, 0) is 70.6 Å².